The van der Waals surface area contributed by atoms with Gasteiger partial charge in [-0.05, 0) is 31.1 Å². The average molecular weight is 301 g/mol. The van der Waals surface area contributed by atoms with E-state index in [4.69, 9.17) is 20.8 Å². The first-order valence-electron chi connectivity index (χ1n) is 6.60. The second-order valence-corrected chi connectivity index (χ2v) is 11.5. The van der Waals surface area contributed by atoms with E-state index in [2.05, 4.69) is 33.9 Å². The first-order chi connectivity index (χ1) is 8.60. The van der Waals surface area contributed by atoms with Crippen LogP contribution in [0.2, 0.25) is 23.2 Å². The van der Waals surface area contributed by atoms with Gasteiger partial charge >= 0.3 is 0 Å². The molecule has 0 aromatic heterocycles. The minimum Gasteiger partial charge on any atom is -0.542 e. The third kappa shape index (κ3) is 3.74. The maximum Gasteiger partial charge on any atom is 0.250 e. The van der Waals surface area contributed by atoms with E-state index in [-0.39, 0.29) is 11.1 Å². The Bertz CT molecular complexity index is 438. The van der Waals surface area contributed by atoms with Crippen molar-refractivity contribution in [3.63, 3.8) is 0 Å². The van der Waals surface area contributed by atoms with Crippen molar-refractivity contribution < 1.29 is 9.16 Å². The fourth-order valence-corrected chi connectivity index (χ4v) is 2.88. The summed E-state index contributed by atoms with van der Waals surface area (Å²) in [5, 5.41) is 0.820. The molecule has 108 valence electrons. The van der Waals surface area contributed by atoms with Crippen LogP contribution in [-0.2, 0) is 4.74 Å². The zero-order chi connectivity index (χ0) is 14.8. The van der Waals surface area contributed by atoms with Crippen LogP contribution in [-0.4, -0.2) is 15.4 Å². The van der Waals surface area contributed by atoms with Crippen LogP contribution < -0.4 is 4.43 Å². The minimum absolute atomic E-state index is 0.0320. The highest BCUT2D eigenvalue weighted by molar-refractivity contribution is 6.74. The minimum atomic E-state index is -1.87. The summed E-state index contributed by atoms with van der Waals surface area (Å²) < 4.78 is 11.6. The summed E-state index contributed by atoms with van der Waals surface area (Å²) in [6.07, 6.45) is -0.0320. The molecule has 4 heteroatoms. The van der Waals surface area contributed by atoms with Crippen molar-refractivity contribution in [1.29, 1.82) is 0 Å². The maximum atomic E-state index is 6.46. The molecular weight excluding hydrogens is 276 g/mol. The van der Waals surface area contributed by atoms with Crippen LogP contribution in [0.4, 0.5) is 0 Å². The smallest absolute Gasteiger partial charge is 0.250 e. The molecule has 0 aliphatic rings. The van der Waals surface area contributed by atoms with Crippen LogP contribution in [0, 0.1) is 0 Å². The van der Waals surface area contributed by atoms with Crippen molar-refractivity contribution in [2.75, 3.05) is 7.11 Å². The molecule has 0 saturated carbocycles. The molecule has 0 saturated heterocycles. The number of benzene rings is 1. The largest absolute Gasteiger partial charge is 0.542 e. The van der Waals surface area contributed by atoms with Crippen LogP contribution in [0.25, 0.3) is 0 Å². The van der Waals surface area contributed by atoms with Gasteiger partial charge in [0.15, 0.2) is 0 Å². The molecule has 0 heterocycles. The van der Waals surface area contributed by atoms with Crippen molar-refractivity contribution in [2.45, 2.75) is 51.9 Å². The Labute approximate surface area is 123 Å². The summed E-state index contributed by atoms with van der Waals surface area (Å²) >= 11 is 6.46. The van der Waals surface area contributed by atoms with Gasteiger partial charge < -0.3 is 9.16 Å². The average Bonchev–Trinajstić information content (AvgIpc) is 2.29. The molecule has 1 aromatic rings. The van der Waals surface area contributed by atoms with Gasteiger partial charge in [0, 0.05) is 12.7 Å². The lowest BCUT2D eigenvalue weighted by molar-refractivity contribution is 0.119. The summed E-state index contributed by atoms with van der Waals surface area (Å²) in [5.74, 6) is 0.773. The molecule has 0 amide bonds. The molecule has 0 N–H and O–H groups in total. The lowest BCUT2D eigenvalue weighted by Crippen LogP contribution is -2.43. The quantitative estimate of drug-likeness (QED) is 0.690. The Hall–Kier alpha value is -0.513. The van der Waals surface area contributed by atoms with Gasteiger partial charge in [-0.15, -0.1) is 0 Å². The van der Waals surface area contributed by atoms with Gasteiger partial charge in [0.1, 0.15) is 5.75 Å². The molecule has 19 heavy (non-hydrogen) atoms. The van der Waals surface area contributed by atoms with Gasteiger partial charge in [-0.3, -0.25) is 0 Å². The number of ether oxygens (including phenoxy) is 1. The highest BCUT2D eigenvalue weighted by Crippen LogP contribution is 2.40. The summed E-state index contributed by atoms with van der Waals surface area (Å²) in [6.45, 7) is 13.1. The zero-order valence-corrected chi connectivity index (χ0v) is 14.8. The highest BCUT2D eigenvalue weighted by Gasteiger charge is 2.39. The third-order valence-electron chi connectivity index (χ3n) is 3.96. The lowest BCUT2D eigenvalue weighted by atomic mass is 10.1. The molecule has 1 rings (SSSR count). The van der Waals surface area contributed by atoms with E-state index in [1.54, 1.807) is 7.11 Å². The van der Waals surface area contributed by atoms with Crippen LogP contribution in [0.5, 0.6) is 5.75 Å². The molecule has 1 unspecified atom stereocenters. The highest BCUT2D eigenvalue weighted by atomic mass is 35.5. The number of halogens is 1. The van der Waals surface area contributed by atoms with Gasteiger partial charge in [-0.1, -0.05) is 44.5 Å². The second kappa shape index (κ2) is 5.86. The van der Waals surface area contributed by atoms with Gasteiger partial charge in [-0.25, -0.2) is 0 Å². The summed E-state index contributed by atoms with van der Waals surface area (Å²) in [6, 6.07) is 5.89. The first-order valence-corrected chi connectivity index (χ1v) is 9.89. The fraction of sp³-hybridized carbons (Fsp3) is 0.600. The second-order valence-electron chi connectivity index (χ2n) is 6.40. The van der Waals surface area contributed by atoms with E-state index in [0.717, 1.165) is 11.3 Å². The number of hydrogen-bond donors (Lipinski definition) is 0. The Morgan fingerprint density at radius 1 is 1.21 bits per heavy atom. The van der Waals surface area contributed by atoms with Crippen LogP contribution in [0.15, 0.2) is 18.2 Å². The number of hydrogen-bond acceptors (Lipinski definition) is 2. The topological polar surface area (TPSA) is 18.5 Å². The van der Waals surface area contributed by atoms with Crippen LogP contribution in [0.1, 0.15) is 39.4 Å². The van der Waals surface area contributed by atoms with Crippen molar-refractivity contribution in [3.8, 4) is 5.75 Å². The van der Waals surface area contributed by atoms with Crippen LogP contribution >= 0.6 is 11.6 Å². The predicted molar refractivity (Wildman–Crippen MR) is 84.7 cm³/mol. The van der Waals surface area contributed by atoms with Crippen LogP contribution in [0.3, 0.4) is 0 Å². The summed E-state index contributed by atoms with van der Waals surface area (Å²) in [7, 11) is -0.187. The lowest BCUT2D eigenvalue weighted by Gasteiger charge is -2.37. The van der Waals surface area contributed by atoms with E-state index in [9.17, 15) is 0 Å². The van der Waals surface area contributed by atoms with E-state index in [1.165, 1.54) is 0 Å². The molecule has 2 nitrogen and oxygen atoms in total. The molecule has 1 aromatic carbocycles. The van der Waals surface area contributed by atoms with Crippen molar-refractivity contribution in [2.24, 2.45) is 0 Å². The third-order valence-corrected chi connectivity index (χ3v) is 8.70. The van der Waals surface area contributed by atoms with Crippen molar-refractivity contribution in [1.82, 2.24) is 0 Å². The Balaban J connectivity index is 3.10. The van der Waals surface area contributed by atoms with E-state index >= 15 is 0 Å². The summed E-state index contributed by atoms with van der Waals surface area (Å²) in [5.41, 5.74) is 0.973. The van der Waals surface area contributed by atoms with Gasteiger partial charge in [-0.2, -0.15) is 0 Å². The molecular formula is C15H25ClO2Si. The SMILES string of the molecule is COC(C)c1cccc(O[Si](C)(C)C(C)(C)C)c1Cl. The molecule has 1 atom stereocenters. The normalized spacial score (nSPS) is 14.3. The summed E-state index contributed by atoms with van der Waals surface area (Å²) in [4.78, 5) is 0. The number of rotatable bonds is 4. The first kappa shape index (κ1) is 16.5. The maximum absolute atomic E-state index is 6.46. The van der Waals surface area contributed by atoms with Gasteiger partial charge in [0.05, 0.1) is 11.1 Å². The molecule has 0 fully saturated rings. The molecule has 0 bridgehead atoms. The Morgan fingerprint density at radius 2 is 1.79 bits per heavy atom. The fourth-order valence-electron chi connectivity index (χ4n) is 1.48. The van der Waals surface area contributed by atoms with E-state index in [0.29, 0.717) is 5.02 Å². The van der Waals surface area contributed by atoms with Crippen molar-refractivity contribution in [3.05, 3.63) is 28.8 Å². The monoisotopic (exact) mass is 300 g/mol. The van der Waals surface area contributed by atoms with Gasteiger partial charge in [0.25, 0.3) is 8.32 Å². The van der Waals surface area contributed by atoms with Gasteiger partial charge in [0.2, 0.25) is 0 Å². The Morgan fingerprint density at radius 3 is 2.26 bits per heavy atom. The number of methoxy groups -OCH3 is 1. The molecule has 0 radical (unpaired) electrons. The van der Waals surface area contributed by atoms with Crippen molar-refractivity contribution >= 4 is 19.9 Å². The molecule has 0 aliphatic carbocycles. The predicted octanol–water partition coefficient (Wildman–Crippen LogP) is 5.43. The van der Waals surface area contributed by atoms with E-state index < -0.39 is 8.32 Å². The Kier molecular flexibility index (Phi) is 5.10. The van der Waals surface area contributed by atoms with E-state index in [1.807, 2.05) is 25.1 Å². The molecule has 0 aliphatic heterocycles. The molecule has 0 spiro atoms. The zero-order valence-electron chi connectivity index (χ0n) is 13.0. The standard InChI is InChI=1S/C15H25ClO2Si/c1-11(17-5)12-9-8-10-13(14(12)16)18-19(6,7)15(2,3)4/h8-11H,1-7H3.